The molecule has 1 aromatic rings. The topological polar surface area (TPSA) is 74.3 Å². The van der Waals surface area contributed by atoms with Gasteiger partial charge >= 0.3 is 6.03 Å². The Morgan fingerprint density at radius 1 is 1.39 bits per heavy atom. The number of nitrogens with one attached hydrogen (secondary N) is 2. The molecule has 1 atom stereocenters. The standard InChI is InChI=1S/C16H26N4O2S/c1-4-13(20-9-5-6-15(20)21)7-8-17-16(22)18-10-14-19-11(2)12(3)23-14/h13H,4-10H2,1-3H3,(H2,17,18,22)/t13-/m1/s1. The number of rotatable bonds is 7. The summed E-state index contributed by atoms with van der Waals surface area (Å²) in [6.07, 6.45) is 3.34. The number of carbonyl (C=O) groups is 2. The third-order valence-corrected chi connectivity index (χ3v) is 5.33. The minimum Gasteiger partial charge on any atom is -0.340 e. The van der Waals surface area contributed by atoms with Crippen LogP contribution in [0.1, 0.15) is 48.2 Å². The van der Waals surface area contributed by atoms with Crippen LogP contribution in [0.15, 0.2) is 0 Å². The van der Waals surface area contributed by atoms with Crippen LogP contribution in [-0.2, 0) is 11.3 Å². The summed E-state index contributed by atoms with van der Waals surface area (Å²) in [4.78, 5) is 31.2. The first-order valence-corrected chi connectivity index (χ1v) is 9.07. The number of aromatic nitrogens is 1. The molecule has 23 heavy (non-hydrogen) atoms. The summed E-state index contributed by atoms with van der Waals surface area (Å²) >= 11 is 1.61. The van der Waals surface area contributed by atoms with Crippen molar-refractivity contribution in [3.05, 3.63) is 15.6 Å². The number of carbonyl (C=O) groups excluding carboxylic acids is 2. The van der Waals surface area contributed by atoms with E-state index in [-0.39, 0.29) is 18.0 Å². The maximum atomic E-state index is 11.8. The molecule has 2 heterocycles. The van der Waals surface area contributed by atoms with E-state index in [1.807, 2.05) is 18.7 Å². The molecule has 0 unspecified atom stereocenters. The maximum Gasteiger partial charge on any atom is 0.315 e. The lowest BCUT2D eigenvalue weighted by Crippen LogP contribution is -2.41. The molecule has 1 fully saturated rings. The van der Waals surface area contributed by atoms with Crippen LogP contribution in [-0.4, -0.2) is 41.0 Å². The number of aryl methyl sites for hydroxylation is 2. The van der Waals surface area contributed by atoms with Gasteiger partial charge in [-0.15, -0.1) is 11.3 Å². The molecule has 0 saturated carbocycles. The second-order valence-corrected chi connectivity index (χ2v) is 7.19. The van der Waals surface area contributed by atoms with Crippen LogP contribution in [0, 0.1) is 13.8 Å². The Bertz CT molecular complexity index is 539. The van der Waals surface area contributed by atoms with Gasteiger partial charge in [-0.25, -0.2) is 9.78 Å². The molecule has 6 nitrogen and oxygen atoms in total. The van der Waals surface area contributed by atoms with E-state index in [0.29, 0.717) is 19.5 Å². The van der Waals surface area contributed by atoms with E-state index in [1.54, 1.807) is 11.3 Å². The number of amides is 3. The first-order valence-electron chi connectivity index (χ1n) is 8.25. The second-order valence-electron chi connectivity index (χ2n) is 5.90. The summed E-state index contributed by atoms with van der Waals surface area (Å²) in [5, 5.41) is 6.61. The molecular weight excluding hydrogens is 312 g/mol. The monoisotopic (exact) mass is 338 g/mol. The molecule has 0 spiro atoms. The molecule has 0 radical (unpaired) electrons. The highest BCUT2D eigenvalue weighted by Crippen LogP contribution is 2.18. The van der Waals surface area contributed by atoms with E-state index in [0.717, 1.165) is 36.5 Å². The minimum absolute atomic E-state index is 0.182. The van der Waals surface area contributed by atoms with E-state index >= 15 is 0 Å². The van der Waals surface area contributed by atoms with Crippen LogP contribution in [0.5, 0.6) is 0 Å². The first kappa shape index (κ1) is 17.7. The Balaban J connectivity index is 1.68. The molecular formula is C16H26N4O2S. The van der Waals surface area contributed by atoms with Crippen LogP contribution in [0.3, 0.4) is 0 Å². The van der Waals surface area contributed by atoms with Crippen molar-refractivity contribution in [2.24, 2.45) is 0 Å². The molecule has 0 aliphatic carbocycles. The van der Waals surface area contributed by atoms with Gasteiger partial charge in [0.2, 0.25) is 5.91 Å². The summed E-state index contributed by atoms with van der Waals surface area (Å²) in [6.45, 7) is 7.97. The average molecular weight is 338 g/mol. The molecule has 3 amide bonds. The van der Waals surface area contributed by atoms with Crippen LogP contribution < -0.4 is 10.6 Å². The largest absolute Gasteiger partial charge is 0.340 e. The summed E-state index contributed by atoms with van der Waals surface area (Å²) in [5.74, 6) is 0.246. The van der Waals surface area contributed by atoms with Gasteiger partial charge in [-0.3, -0.25) is 4.79 Å². The highest BCUT2D eigenvalue weighted by molar-refractivity contribution is 7.11. The summed E-state index contributed by atoms with van der Waals surface area (Å²) in [5.41, 5.74) is 1.02. The fraction of sp³-hybridized carbons (Fsp3) is 0.688. The third kappa shape index (κ3) is 4.92. The summed E-state index contributed by atoms with van der Waals surface area (Å²) in [6, 6.07) is 0.0488. The summed E-state index contributed by atoms with van der Waals surface area (Å²) < 4.78 is 0. The van der Waals surface area contributed by atoms with Crippen molar-refractivity contribution in [1.29, 1.82) is 0 Å². The van der Waals surface area contributed by atoms with Gasteiger partial charge in [0, 0.05) is 30.4 Å². The van der Waals surface area contributed by atoms with Gasteiger partial charge in [-0.1, -0.05) is 6.92 Å². The van der Waals surface area contributed by atoms with Gasteiger partial charge in [-0.05, 0) is 33.1 Å². The third-order valence-electron chi connectivity index (χ3n) is 4.26. The molecule has 1 aliphatic rings. The van der Waals surface area contributed by atoms with Crippen LogP contribution in [0.2, 0.25) is 0 Å². The van der Waals surface area contributed by atoms with Gasteiger partial charge in [0.25, 0.3) is 0 Å². The zero-order chi connectivity index (χ0) is 16.8. The average Bonchev–Trinajstić information content (AvgIpc) is 3.08. The lowest BCUT2D eigenvalue weighted by atomic mass is 10.1. The van der Waals surface area contributed by atoms with Crippen molar-refractivity contribution < 1.29 is 9.59 Å². The number of thiazole rings is 1. The molecule has 2 rings (SSSR count). The van der Waals surface area contributed by atoms with Gasteiger partial charge in [-0.2, -0.15) is 0 Å². The van der Waals surface area contributed by atoms with Gasteiger partial charge in [0.05, 0.1) is 12.2 Å². The van der Waals surface area contributed by atoms with Crippen molar-refractivity contribution >= 4 is 23.3 Å². The molecule has 1 aromatic heterocycles. The minimum atomic E-state index is -0.182. The Labute approximate surface area is 141 Å². The highest BCUT2D eigenvalue weighted by Gasteiger charge is 2.26. The van der Waals surface area contributed by atoms with E-state index in [4.69, 9.17) is 0 Å². The smallest absolute Gasteiger partial charge is 0.315 e. The molecule has 2 N–H and O–H groups in total. The fourth-order valence-corrected chi connectivity index (χ4v) is 3.69. The maximum absolute atomic E-state index is 11.8. The van der Waals surface area contributed by atoms with E-state index in [9.17, 15) is 9.59 Å². The molecule has 0 aromatic carbocycles. The quantitative estimate of drug-likeness (QED) is 0.801. The van der Waals surface area contributed by atoms with Crippen LogP contribution >= 0.6 is 11.3 Å². The van der Waals surface area contributed by atoms with E-state index in [1.165, 1.54) is 4.88 Å². The Hall–Kier alpha value is -1.63. The summed E-state index contributed by atoms with van der Waals surface area (Å²) in [7, 11) is 0. The second kappa shape index (κ2) is 8.29. The van der Waals surface area contributed by atoms with Gasteiger partial charge < -0.3 is 15.5 Å². The lowest BCUT2D eigenvalue weighted by molar-refractivity contribution is -0.129. The molecule has 1 saturated heterocycles. The SMILES string of the molecule is CC[C@H](CCNC(=O)NCc1nc(C)c(C)s1)N1CCCC1=O. The van der Waals surface area contributed by atoms with Crippen molar-refractivity contribution in [3.8, 4) is 0 Å². The normalized spacial score (nSPS) is 15.8. The number of nitrogens with zero attached hydrogens (tertiary/aromatic N) is 2. The molecule has 128 valence electrons. The number of hydrogen-bond acceptors (Lipinski definition) is 4. The molecule has 0 bridgehead atoms. The van der Waals surface area contributed by atoms with Crippen molar-refractivity contribution in [2.45, 2.75) is 59.0 Å². The lowest BCUT2D eigenvalue weighted by Gasteiger charge is -2.26. The van der Waals surface area contributed by atoms with E-state index in [2.05, 4.69) is 22.5 Å². The van der Waals surface area contributed by atoms with Crippen molar-refractivity contribution in [2.75, 3.05) is 13.1 Å². The Kier molecular flexibility index (Phi) is 6.38. The van der Waals surface area contributed by atoms with Crippen molar-refractivity contribution in [3.63, 3.8) is 0 Å². The zero-order valence-corrected chi connectivity index (χ0v) is 15.0. The van der Waals surface area contributed by atoms with E-state index < -0.39 is 0 Å². The van der Waals surface area contributed by atoms with Gasteiger partial charge in [0.1, 0.15) is 5.01 Å². The highest BCUT2D eigenvalue weighted by atomic mass is 32.1. The van der Waals surface area contributed by atoms with Crippen LogP contribution in [0.25, 0.3) is 0 Å². The molecule has 7 heteroatoms. The first-order chi connectivity index (χ1) is 11.0. The van der Waals surface area contributed by atoms with Crippen LogP contribution in [0.4, 0.5) is 4.79 Å². The number of hydrogen-bond donors (Lipinski definition) is 2. The van der Waals surface area contributed by atoms with Crippen molar-refractivity contribution in [1.82, 2.24) is 20.5 Å². The molecule has 1 aliphatic heterocycles. The van der Waals surface area contributed by atoms with Gasteiger partial charge in [0.15, 0.2) is 0 Å². The fourth-order valence-electron chi connectivity index (χ4n) is 2.82. The zero-order valence-electron chi connectivity index (χ0n) is 14.1. The Morgan fingerprint density at radius 2 is 2.17 bits per heavy atom. The number of likely N-dealkylation sites (tertiary alicyclic amines) is 1. The number of urea groups is 1. The predicted molar refractivity (Wildman–Crippen MR) is 91.5 cm³/mol. The predicted octanol–water partition coefficient (Wildman–Crippen LogP) is 2.35. The Morgan fingerprint density at radius 3 is 2.74 bits per heavy atom.